The number of hydrogen-bond donors (Lipinski definition) is 1. The van der Waals surface area contributed by atoms with E-state index in [4.69, 9.17) is 22.1 Å². The van der Waals surface area contributed by atoms with Gasteiger partial charge in [-0.15, -0.1) is 0 Å². The zero-order chi connectivity index (χ0) is 20.4. The van der Waals surface area contributed by atoms with Crippen LogP contribution in [0.4, 0.5) is 24.7 Å². The lowest BCUT2D eigenvalue weighted by molar-refractivity contribution is -0.137. The Morgan fingerprint density at radius 3 is 2.56 bits per heavy atom. The number of methoxy groups -OCH3 is 1. The van der Waals surface area contributed by atoms with Gasteiger partial charge in [0, 0.05) is 25.9 Å². The van der Waals surface area contributed by atoms with Crippen molar-refractivity contribution in [3.8, 4) is 5.75 Å². The average Bonchev–Trinajstić information content (AvgIpc) is 2.59. The number of ether oxygens (including phenoxy) is 1. The number of alkyl halides is 3. The summed E-state index contributed by atoms with van der Waals surface area (Å²) in [6, 6.07) is 4.48. The second-order valence-electron chi connectivity index (χ2n) is 5.67. The summed E-state index contributed by atoms with van der Waals surface area (Å²) in [7, 11) is 4.24. The van der Waals surface area contributed by atoms with Gasteiger partial charge in [-0.2, -0.15) is 18.2 Å². The van der Waals surface area contributed by atoms with Gasteiger partial charge >= 0.3 is 6.18 Å². The monoisotopic (exact) mass is 403 g/mol. The minimum absolute atomic E-state index is 0.179. The first kappa shape index (κ1) is 20.6. The summed E-state index contributed by atoms with van der Waals surface area (Å²) >= 11 is 5.63. The van der Waals surface area contributed by atoms with Gasteiger partial charge < -0.3 is 20.3 Å². The molecule has 0 aliphatic heterocycles. The van der Waals surface area contributed by atoms with E-state index < -0.39 is 23.5 Å². The van der Waals surface area contributed by atoms with Gasteiger partial charge in [0.05, 0.1) is 19.5 Å². The highest BCUT2D eigenvalue weighted by molar-refractivity contribution is 6.28. The number of carbonyl (C=O) groups excluding carboxylic acids is 1. The number of rotatable bonds is 5. The predicted molar refractivity (Wildman–Crippen MR) is 94.8 cm³/mol. The topological polar surface area (TPSA) is 84.6 Å². The van der Waals surface area contributed by atoms with Gasteiger partial charge in [0.2, 0.25) is 5.28 Å². The molecule has 2 N–H and O–H groups in total. The molecule has 0 unspecified atom stereocenters. The molecule has 27 heavy (non-hydrogen) atoms. The molecule has 7 nitrogen and oxygen atoms in total. The van der Waals surface area contributed by atoms with Crippen molar-refractivity contribution in [3.63, 3.8) is 0 Å². The first-order valence-corrected chi connectivity index (χ1v) is 7.92. The zero-order valence-corrected chi connectivity index (χ0v) is 15.5. The van der Waals surface area contributed by atoms with Crippen LogP contribution in [0.25, 0.3) is 0 Å². The molecule has 2 rings (SSSR count). The number of nitrogen functional groups attached to an aromatic ring is 1. The molecule has 1 aromatic carbocycles. The highest BCUT2D eigenvalue weighted by Crippen LogP contribution is 2.35. The fraction of sp³-hybridized carbons (Fsp3) is 0.312. The maximum absolute atomic E-state index is 13.2. The molecule has 0 atom stereocenters. The molecule has 0 aliphatic rings. The summed E-state index contributed by atoms with van der Waals surface area (Å²) in [5.74, 6) is -0.460. The van der Waals surface area contributed by atoms with Crippen LogP contribution in [0, 0.1) is 0 Å². The fourth-order valence-electron chi connectivity index (χ4n) is 2.38. The van der Waals surface area contributed by atoms with Gasteiger partial charge in [-0.05, 0) is 29.8 Å². The summed E-state index contributed by atoms with van der Waals surface area (Å²) in [5.41, 5.74) is 5.27. The Kier molecular flexibility index (Phi) is 5.99. The summed E-state index contributed by atoms with van der Waals surface area (Å²) in [6.45, 7) is -0.179. The van der Waals surface area contributed by atoms with E-state index >= 15 is 0 Å². The van der Waals surface area contributed by atoms with Crippen LogP contribution in [-0.2, 0) is 6.18 Å². The molecule has 0 saturated heterocycles. The van der Waals surface area contributed by atoms with Gasteiger partial charge in [-0.25, -0.2) is 4.98 Å². The number of anilines is 2. The molecule has 2 aromatic rings. The molecular weight excluding hydrogens is 387 g/mol. The van der Waals surface area contributed by atoms with Crippen molar-refractivity contribution < 1.29 is 22.7 Å². The van der Waals surface area contributed by atoms with Crippen molar-refractivity contribution in [1.29, 1.82) is 0 Å². The minimum Gasteiger partial charge on any atom is -0.495 e. The highest BCUT2D eigenvalue weighted by Gasteiger charge is 2.36. The van der Waals surface area contributed by atoms with Gasteiger partial charge in [0.15, 0.2) is 0 Å². The Hall–Kier alpha value is -2.75. The van der Waals surface area contributed by atoms with E-state index in [0.29, 0.717) is 11.9 Å². The molecule has 0 aliphatic carbocycles. The fourth-order valence-corrected chi connectivity index (χ4v) is 2.51. The lowest BCUT2D eigenvalue weighted by Gasteiger charge is -2.27. The number of benzene rings is 1. The predicted octanol–water partition coefficient (Wildman–Crippen LogP) is 2.91. The van der Waals surface area contributed by atoms with Crippen molar-refractivity contribution in [2.45, 2.75) is 6.18 Å². The first-order chi connectivity index (χ1) is 12.5. The number of nitrogens with zero attached hydrogens (tertiary/aromatic N) is 4. The third kappa shape index (κ3) is 4.70. The van der Waals surface area contributed by atoms with Crippen molar-refractivity contribution in [2.24, 2.45) is 0 Å². The summed E-state index contributed by atoms with van der Waals surface area (Å²) in [4.78, 5) is 21.9. The van der Waals surface area contributed by atoms with Crippen LogP contribution >= 0.6 is 11.6 Å². The number of hydrogen-bond acceptors (Lipinski definition) is 6. The normalized spacial score (nSPS) is 11.2. The molecule has 0 spiro atoms. The summed E-state index contributed by atoms with van der Waals surface area (Å²) < 4.78 is 44.5. The van der Waals surface area contributed by atoms with Crippen LogP contribution in [0.15, 0.2) is 24.4 Å². The Bertz CT molecular complexity index is 847. The molecule has 0 bridgehead atoms. The van der Waals surface area contributed by atoms with Crippen LogP contribution in [-0.4, -0.2) is 48.6 Å². The van der Waals surface area contributed by atoms with Gasteiger partial charge in [0.1, 0.15) is 17.1 Å². The van der Waals surface area contributed by atoms with Crippen molar-refractivity contribution in [1.82, 2.24) is 14.9 Å². The van der Waals surface area contributed by atoms with E-state index in [1.54, 1.807) is 0 Å². The lowest BCUT2D eigenvalue weighted by atomic mass is 10.1. The Balaban J connectivity index is 2.23. The van der Waals surface area contributed by atoms with Crippen LogP contribution in [0.3, 0.4) is 0 Å². The number of halogens is 4. The van der Waals surface area contributed by atoms with E-state index in [2.05, 4.69) is 9.97 Å². The molecule has 0 saturated carbocycles. The lowest BCUT2D eigenvalue weighted by Crippen LogP contribution is -2.38. The van der Waals surface area contributed by atoms with E-state index in [9.17, 15) is 18.0 Å². The van der Waals surface area contributed by atoms with Crippen molar-refractivity contribution >= 4 is 29.0 Å². The summed E-state index contributed by atoms with van der Waals surface area (Å²) in [6.07, 6.45) is -4.06. The van der Waals surface area contributed by atoms with E-state index in [1.807, 2.05) is 0 Å². The second-order valence-corrected chi connectivity index (χ2v) is 6.01. The van der Waals surface area contributed by atoms with Crippen LogP contribution in [0.5, 0.6) is 5.75 Å². The SMILES string of the molecule is COc1ccc(C(=O)N(C)CN(C)c2nc(Cl)ncc2C(F)(F)F)cc1N. The minimum atomic E-state index is -4.67. The maximum Gasteiger partial charge on any atom is 0.421 e. The molecule has 1 amide bonds. The molecule has 1 aromatic heterocycles. The van der Waals surface area contributed by atoms with E-state index in [1.165, 1.54) is 44.3 Å². The molecule has 146 valence electrons. The number of aromatic nitrogens is 2. The average molecular weight is 404 g/mol. The quantitative estimate of drug-likeness (QED) is 0.469. The third-order valence-electron chi connectivity index (χ3n) is 3.65. The molecule has 1 heterocycles. The second kappa shape index (κ2) is 7.87. The third-order valence-corrected chi connectivity index (χ3v) is 3.84. The number of amides is 1. The van der Waals surface area contributed by atoms with E-state index in [0.717, 1.165) is 4.90 Å². The van der Waals surface area contributed by atoms with Crippen LogP contribution in [0.1, 0.15) is 15.9 Å². The van der Waals surface area contributed by atoms with Crippen LogP contribution in [0.2, 0.25) is 5.28 Å². The van der Waals surface area contributed by atoms with Crippen molar-refractivity contribution in [2.75, 3.05) is 38.5 Å². The van der Waals surface area contributed by atoms with Gasteiger partial charge in [0.25, 0.3) is 5.91 Å². The number of nitrogens with two attached hydrogens (primary N) is 1. The largest absolute Gasteiger partial charge is 0.495 e. The standard InChI is InChI=1S/C16H17ClF3N5O2/c1-24(13-10(16(18,19)20)7-22-15(17)23-13)8-25(2)14(26)9-4-5-12(27-3)11(21)6-9/h4-7H,8,21H2,1-3H3. The maximum atomic E-state index is 13.2. The zero-order valence-electron chi connectivity index (χ0n) is 14.7. The van der Waals surface area contributed by atoms with Crippen LogP contribution < -0.4 is 15.4 Å². The molecule has 0 fully saturated rings. The Morgan fingerprint density at radius 1 is 1.33 bits per heavy atom. The molecular formula is C16H17ClF3N5O2. The smallest absolute Gasteiger partial charge is 0.421 e. The Labute approximate surface area is 158 Å². The number of carbonyl (C=O) groups is 1. The Morgan fingerprint density at radius 2 is 2.00 bits per heavy atom. The van der Waals surface area contributed by atoms with Gasteiger partial charge in [-0.3, -0.25) is 4.79 Å². The van der Waals surface area contributed by atoms with E-state index in [-0.39, 0.29) is 23.2 Å². The highest BCUT2D eigenvalue weighted by atomic mass is 35.5. The van der Waals surface area contributed by atoms with Gasteiger partial charge in [-0.1, -0.05) is 0 Å². The molecule has 11 heteroatoms. The first-order valence-electron chi connectivity index (χ1n) is 7.54. The molecule has 0 radical (unpaired) electrons. The van der Waals surface area contributed by atoms with Crippen molar-refractivity contribution in [3.05, 3.63) is 40.8 Å². The summed E-state index contributed by atoms with van der Waals surface area (Å²) in [5, 5.41) is -0.332.